The summed E-state index contributed by atoms with van der Waals surface area (Å²) >= 11 is 5.89. The maximum Gasteiger partial charge on any atom is 0.256 e. The van der Waals surface area contributed by atoms with Crippen molar-refractivity contribution in [1.82, 2.24) is 9.62 Å². The van der Waals surface area contributed by atoms with Crippen LogP contribution in [0, 0.1) is 0 Å². The van der Waals surface area contributed by atoms with Gasteiger partial charge < -0.3 is 10.2 Å². The van der Waals surface area contributed by atoms with Gasteiger partial charge in [0.25, 0.3) is 5.91 Å². The van der Waals surface area contributed by atoms with Gasteiger partial charge in [-0.1, -0.05) is 11.6 Å². The highest BCUT2D eigenvalue weighted by Gasteiger charge is 2.43. The van der Waals surface area contributed by atoms with Crippen molar-refractivity contribution in [2.24, 2.45) is 0 Å². The van der Waals surface area contributed by atoms with Gasteiger partial charge in [0.15, 0.2) is 0 Å². The molecule has 0 aliphatic carbocycles. The zero-order valence-electron chi connectivity index (χ0n) is 11.7. The summed E-state index contributed by atoms with van der Waals surface area (Å²) in [7, 11) is -3.40. The lowest BCUT2D eigenvalue weighted by Gasteiger charge is -2.20. The Labute approximate surface area is 132 Å². The average molecular weight is 344 g/mol. The van der Waals surface area contributed by atoms with Gasteiger partial charge in [-0.05, 0) is 24.6 Å². The molecular formula is C13H14ClN3O4S. The Kier molecular flexibility index (Phi) is 3.62. The zero-order valence-corrected chi connectivity index (χ0v) is 13.2. The van der Waals surface area contributed by atoms with E-state index in [0.717, 1.165) is 6.26 Å². The Bertz CT molecular complexity index is 765. The molecule has 118 valence electrons. The highest BCUT2D eigenvalue weighted by atomic mass is 35.5. The van der Waals surface area contributed by atoms with E-state index in [-0.39, 0.29) is 24.8 Å². The summed E-state index contributed by atoms with van der Waals surface area (Å²) in [6, 6.07) is 3.50. The Hall–Kier alpha value is -1.64. The topological polar surface area (TPSA) is 95.6 Å². The molecule has 0 saturated carbocycles. The van der Waals surface area contributed by atoms with E-state index >= 15 is 0 Å². The minimum atomic E-state index is -3.40. The van der Waals surface area contributed by atoms with Crippen molar-refractivity contribution in [2.75, 3.05) is 18.1 Å². The lowest BCUT2D eigenvalue weighted by Crippen LogP contribution is -2.41. The van der Waals surface area contributed by atoms with Gasteiger partial charge in [0, 0.05) is 17.6 Å². The Morgan fingerprint density at radius 2 is 2.09 bits per heavy atom. The molecule has 3 rings (SSSR count). The molecular weight excluding hydrogens is 330 g/mol. The zero-order chi connectivity index (χ0) is 16.1. The summed E-state index contributed by atoms with van der Waals surface area (Å²) in [5.74, 6) is -0.653. The van der Waals surface area contributed by atoms with Crippen molar-refractivity contribution < 1.29 is 18.0 Å². The Balaban J connectivity index is 1.93. The van der Waals surface area contributed by atoms with Gasteiger partial charge in [0.05, 0.1) is 17.5 Å². The number of nitrogens with zero attached hydrogens (tertiary/aromatic N) is 1. The Morgan fingerprint density at radius 3 is 2.77 bits per heavy atom. The number of sulfonamides is 1. The maximum atomic E-state index is 12.6. The first-order chi connectivity index (χ1) is 10.2. The second-order valence-corrected chi connectivity index (χ2v) is 7.69. The fourth-order valence-electron chi connectivity index (χ4n) is 2.87. The van der Waals surface area contributed by atoms with Crippen LogP contribution in [0.25, 0.3) is 0 Å². The molecule has 2 aliphatic heterocycles. The monoisotopic (exact) mass is 343 g/mol. The number of fused-ring (bicyclic) bond motifs is 2. The lowest BCUT2D eigenvalue weighted by molar-refractivity contribution is -0.119. The van der Waals surface area contributed by atoms with Crippen molar-refractivity contribution >= 4 is 39.1 Å². The maximum absolute atomic E-state index is 12.6. The van der Waals surface area contributed by atoms with E-state index < -0.39 is 22.1 Å². The van der Waals surface area contributed by atoms with Gasteiger partial charge in [-0.3, -0.25) is 9.59 Å². The summed E-state index contributed by atoms with van der Waals surface area (Å²) in [5.41, 5.74) is 0.727. The van der Waals surface area contributed by atoms with E-state index in [2.05, 4.69) is 10.0 Å². The first-order valence-corrected chi connectivity index (χ1v) is 8.90. The number of anilines is 1. The second kappa shape index (κ2) is 5.22. The summed E-state index contributed by atoms with van der Waals surface area (Å²) in [5, 5.41) is 3.11. The summed E-state index contributed by atoms with van der Waals surface area (Å²) in [6.07, 6.45) is 1.29. The second-order valence-electron chi connectivity index (χ2n) is 5.48. The van der Waals surface area contributed by atoms with Crippen LogP contribution in [0.2, 0.25) is 5.02 Å². The molecule has 1 aromatic carbocycles. The summed E-state index contributed by atoms with van der Waals surface area (Å²) in [6.45, 7) is 0.159. The fraction of sp³-hybridized carbons (Fsp3) is 0.385. The van der Waals surface area contributed by atoms with Crippen LogP contribution in [0.15, 0.2) is 18.2 Å². The van der Waals surface area contributed by atoms with Crippen LogP contribution in [0.5, 0.6) is 0 Å². The van der Waals surface area contributed by atoms with Crippen LogP contribution in [-0.2, 0) is 14.8 Å². The summed E-state index contributed by atoms with van der Waals surface area (Å²) in [4.78, 5) is 26.3. The van der Waals surface area contributed by atoms with Crippen molar-refractivity contribution in [1.29, 1.82) is 0 Å². The molecule has 1 fully saturated rings. The number of carbonyl (C=O) groups is 2. The minimum absolute atomic E-state index is 0.159. The standard InChI is InChI=1S/C13H14ClN3O4S/c1-22(20,21)16-8-5-11-12(18)15-10-4-7(14)2-3-9(10)13(19)17(11)6-8/h2-4,8,11,16H,5-6H2,1H3,(H,15,18). The third-order valence-corrected chi connectivity index (χ3v) is 4.71. The van der Waals surface area contributed by atoms with Crippen molar-refractivity contribution in [2.45, 2.75) is 18.5 Å². The number of rotatable bonds is 2. The fourth-order valence-corrected chi connectivity index (χ4v) is 3.82. The van der Waals surface area contributed by atoms with Gasteiger partial charge in [-0.25, -0.2) is 13.1 Å². The number of amides is 2. The largest absolute Gasteiger partial charge is 0.325 e. The third kappa shape index (κ3) is 2.81. The first kappa shape index (κ1) is 15.3. The van der Waals surface area contributed by atoms with Gasteiger partial charge in [-0.2, -0.15) is 0 Å². The van der Waals surface area contributed by atoms with E-state index in [1.165, 1.54) is 11.0 Å². The van der Waals surface area contributed by atoms with E-state index in [0.29, 0.717) is 16.3 Å². The van der Waals surface area contributed by atoms with Crippen molar-refractivity contribution in [3.05, 3.63) is 28.8 Å². The number of hydrogen-bond acceptors (Lipinski definition) is 4. The molecule has 2 atom stereocenters. The minimum Gasteiger partial charge on any atom is -0.325 e. The highest BCUT2D eigenvalue weighted by molar-refractivity contribution is 7.88. The normalized spacial score (nSPS) is 24.5. The molecule has 7 nitrogen and oxygen atoms in total. The predicted molar refractivity (Wildman–Crippen MR) is 81.3 cm³/mol. The van der Waals surface area contributed by atoms with E-state index in [9.17, 15) is 18.0 Å². The molecule has 0 aromatic heterocycles. The first-order valence-electron chi connectivity index (χ1n) is 6.63. The highest BCUT2D eigenvalue weighted by Crippen LogP contribution is 2.30. The molecule has 2 aliphatic rings. The molecule has 2 unspecified atom stereocenters. The number of carbonyl (C=O) groups excluding carboxylic acids is 2. The van der Waals surface area contributed by atoms with Crippen molar-refractivity contribution in [3.8, 4) is 0 Å². The van der Waals surface area contributed by atoms with Gasteiger partial charge in [0.1, 0.15) is 6.04 Å². The van der Waals surface area contributed by atoms with Crippen LogP contribution in [0.4, 0.5) is 5.69 Å². The van der Waals surface area contributed by atoms with Gasteiger partial charge in [-0.15, -0.1) is 0 Å². The molecule has 0 radical (unpaired) electrons. The number of nitrogens with one attached hydrogen (secondary N) is 2. The molecule has 0 bridgehead atoms. The number of benzene rings is 1. The van der Waals surface area contributed by atoms with E-state index in [4.69, 9.17) is 11.6 Å². The van der Waals surface area contributed by atoms with E-state index in [1.54, 1.807) is 12.1 Å². The van der Waals surface area contributed by atoms with Crippen LogP contribution in [0.3, 0.4) is 0 Å². The number of halogens is 1. The molecule has 2 heterocycles. The molecule has 0 spiro atoms. The molecule has 22 heavy (non-hydrogen) atoms. The van der Waals surface area contributed by atoms with E-state index in [1.807, 2.05) is 0 Å². The third-order valence-electron chi connectivity index (χ3n) is 3.72. The van der Waals surface area contributed by atoms with Gasteiger partial charge in [0.2, 0.25) is 15.9 Å². The van der Waals surface area contributed by atoms with Crippen LogP contribution in [-0.4, -0.2) is 50.0 Å². The molecule has 9 heteroatoms. The molecule has 1 aromatic rings. The molecule has 1 saturated heterocycles. The average Bonchev–Trinajstić information content (AvgIpc) is 2.76. The van der Waals surface area contributed by atoms with Crippen molar-refractivity contribution in [3.63, 3.8) is 0 Å². The predicted octanol–water partition coefficient (Wildman–Crippen LogP) is 0.424. The molecule has 2 N–H and O–H groups in total. The quantitative estimate of drug-likeness (QED) is 0.813. The molecule has 2 amide bonds. The number of hydrogen-bond donors (Lipinski definition) is 2. The van der Waals surface area contributed by atoms with Crippen LogP contribution < -0.4 is 10.0 Å². The SMILES string of the molecule is CS(=O)(=O)NC1CC2C(=O)Nc3cc(Cl)ccc3C(=O)N2C1. The van der Waals surface area contributed by atoms with Crippen LogP contribution in [0.1, 0.15) is 16.8 Å². The Morgan fingerprint density at radius 1 is 1.36 bits per heavy atom. The smallest absolute Gasteiger partial charge is 0.256 e. The summed E-state index contributed by atoms with van der Waals surface area (Å²) < 4.78 is 25.1. The van der Waals surface area contributed by atoms with Crippen LogP contribution >= 0.6 is 11.6 Å². The lowest BCUT2D eigenvalue weighted by atomic mass is 10.1. The van der Waals surface area contributed by atoms with Gasteiger partial charge >= 0.3 is 0 Å².